The van der Waals surface area contributed by atoms with Gasteiger partial charge in [0.1, 0.15) is 11.5 Å². The van der Waals surface area contributed by atoms with Crippen LogP contribution in [0.5, 0.6) is 0 Å². The Morgan fingerprint density at radius 3 is 2.54 bits per heavy atom. The molecule has 28 heavy (non-hydrogen) atoms. The summed E-state index contributed by atoms with van der Waals surface area (Å²) in [5.74, 6) is 0.685. The number of carboxylic acid groups (broad SMARTS) is 1. The summed E-state index contributed by atoms with van der Waals surface area (Å²) in [5.41, 5.74) is 5.78. The van der Waals surface area contributed by atoms with E-state index in [2.05, 4.69) is 52.0 Å². The number of carbonyl (C=O) groups is 1. The van der Waals surface area contributed by atoms with E-state index in [1.54, 1.807) is 0 Å². The third-order valence-electron chi connectivity index (χ3n) is 6.50. The molecule has 3 nitrogen and oxygen atoms in total. The van der Waals surface area contributed by atoms with Crippen LogP contribution in [0.4, 0.5) is 0 Å². The maximum atomic E-state index is 10.8. The molecule has 0 bridgehead atoms. The molecule has 146 valence electrons. The molecule has 1 aromatic carbocycles. The lowest BCUT2D eigenvalue weighted by atomic mass is 9.62. The fourth-order valence-corrected chi connectivity index (χ4v) is 4.65. The monoisotopic (exact) mass is 376 g/mol. The molecule has 0 aliphatic heterocycles. The van der Waals surface area contributed by atoms with Gasteiger partial charge in [-0.1, -0.05) is 52.0 Å². The van der Waals surface area contributed by atoms with Crippen molar-refractivity contribution >= 4 is 18.1 Å². The van der Waals surface area contributed by atoms with Gasteiger partial charge in [0.05, 0.1) is 0 Å². The molecule has 2 aliphatic rings. The number of furan rings is 1. The van der Waals surface area contributed by atoms with Gasteiger partial charge in [-0.05, 0) is 65.0 Å². The lowest BCUT2D eigenvalue weighted by Gasteiger charge is -2.42. The van der Waals surface area contributed by atoms with Crippen LogP contribution in [0.25, 0.3) is 12.2 Å². The van der Waals surface area contributed by atoms with Crippen molar-refractivity contribution in [2.45, 2.75) is 63.7 Å². The Morgan fingerprint density at radius 1 is 1.11 bits per heavy atom. The highest BCUT2D eigenvalue weighted by Crippen LogP contribution is 2.47. The highest BCUT2D eigenvalue weighted by molar-refractivity contribution is 5.84. The van der Waals surface area contributed by atoms with Gasteiger partial charge in [-0.15, -0.1) is 0 Å². The maximum absolute atomic E-state index is 10.8. The minimum absolute atomic E-state index is 0.181. The Labute approximate surface area is 166 Å². The summed E-state index contributed by atoms with van der Waals surface area (Å²) in [4.78, 5) is 10.8. The summed E-state index contributed by atoms with van der Waals surface area (Å²) in [6.07, 6.45) is 10.1. The number of allylic oxidation sites excluding steroid dienone is 1. The summed E-state index contributed by atoms with van der Waals surface area (Å²) < 4.78 is 5.86. The SMILES string of the molecule is CC1(C)CCC(C)(C)c2cc([C@@H]3CC=Cc4oc(/C=C/C(=O)O)cc43)ccc21. The number of fused-ring (bicyclic) bond motifs is 2. The van der Waals surface area contributed by atoms with E-state index in [1.165, 1.54) is 35.6 Å². The molecule has 2 aliphatic carbocycles. The average Bonchev–Trinajstić information content (AvgIpc) is 3.07. The predicted molar refractivity (Wildman–Crippen MR) is 113 cm³/mol. The third kappa shape index (κ3) is 3.23. The first-order chi connectivity index (χ1) is 13.2. The van der Waals surface area contributed by atoms with Gasteiger partial charge in [0.25, 0.3) is 0 Å². The second-order valence-corrected chi connectivity index (χ2v) is 9.40. The molecule has 4 rings (SSSR count). The van der Waals surface area contributed by atoms with Gasteiger partial charge in [0.2, 0.25) is 0 Å². The molecule has 0 radical (unpaired) electrons. The van der Waals surface area contributed by atoms with Gasteiger partial charge in [-0.3, -0.25) is 0 Å². The minimum atomic E-state index is -0.971. The van der Waals surface area contributed by atoms with Gasteiger partial charge >= 0.3 is 5.97 Å². The van der Waals surface area contributed by atoms with Gasteiger partial charge < -0.3 is 9.52 Å². The summed E-state index contributed by atoms with van der Waals surface area (Å²) in [6, 6.07) is 8.99. The molecule has 1 N–H and O–H groups in total. The molecular weight excluding hydrogens is 348 g/mol. The molecule has 0 spiro atoms. The first-order valence-corrected chi connectivity index (χ1v) is 10.0. The van der Waals surface area contributed by atoms with E-state index in [9.17, 15) is 4.79 Å². The first kappa shape index (κ1) is 18.8. The molecule has 1 atom stereocenters. The van der Waals surface area contributed by atoms with Crippen molar-refractivity contribution in [3.63, 3.8) is 0 Å². The molecule has 1 heterocycles. The molecule has 3 heteroatoms. The Bertz CT molecular complexity index is 985. The van der Waals surface area contributed by atoms with Crippen molar-refractivity contribution in [3.8, 4) is 0 Å². The number of carboxylic acids is 1. The normalized spacial score (nSPS) is 22.1. The zero-order chi connectivity index (χ0) is 20.1. The fraction of sp³-hybridized carbons (Fsp3) is 0.400. The smallest absolute Gasteiger partial charge is 0.328 e. The first-order valence-electron chi connectivity index (χ1n) is 10.0. The van der Waals surface area contributed by atoms with Crippen LogP contribution in [0, 0.1) is 0 Å². The van der Waals surface area contributed by atoms with Crippen molar-refractivity contribution in [1.82, 2.24) is 0 Å². The number of rotatable bonds is 3. The average molecular weight is 376 g/mol. The van der Waals surface area contributed by atoms with Crippen LogP contribution in [0.2, 0.25) is 0 Å². The molecule has 2 aromatic rings. The van der Waals surface area contributed by atoms with E-state index in [1.807, 2.05) is 12.1 Å². The lowest BCUT2D eigenvalue weighted by Crippen LogP contribution is -2.34. The molecule has 0 saturated carbocycles. The molecule has 0 fully saturated rings. The summed E-state index contributed by atoms with van der Waals surface area (Å²) in [5, 5.41) is 8.87. The Morgan fingerprint density at radius 2 is 1.82 bits per heavy atom. The second kappa shape index (κ2) is 6.51. The number of benzene rings is 1. The second-order valence-electron chi connectivity index (χ2n) is 9.40. The summed E-state index contributed by atoms with van der Waals surface area (Å²) in [7, 11) is 0. The third-order valence-corrected chi connectivity index (χ3v) is 6.50. The van der Waals surface area contributed by atoms with Crippen molar-refractivity contribution in [2.24, 2.45) is 0 Å². The van der Waals surface area contributed by atoms with E-state index in [0.29, 0.717) is 5.76 Å². The van der Waals surface area contributed by atoms with Crippen LogP contribution in [-0.4, -0.2) is 11.1 Å². The molecule has 0 unspecified atom stereocenters. The van der Waals surface area contributed by atoms with E-state index < -0.39 is 5.97 Å². The van der Waals surface area contributed by atoms with E-state index in [0.717, 1.165) is 23.8 Å². The maximum Gasteiger partial charge on any atom is 0.328 e. The topological polar surface area (TPSA) is 50.4 Å². The van der Waals surface area contributed by atoms with Crippen LogP contribution >= 0.6 is 0 Å². The highest BCUT2D eigenvalue weighted by atomic mass is 16.4. The predicted octanol–water partition coefficient (Wildman–Crippen LogP) is 6.28. The largest absolute Gasteiger partial charge is 0.478 e. The van der Waals surface area contributed by atoms with E-state index in [4.69, 9.17) is 9.52 Å². The van der Waals surface area contributed by atoms with Crippen molar-refractivity contribution in [3.05, 3.63) is 70.2 Å². The fourth-order valence-electron chi connectivity index (χ4n) is 4.65. The van der Waals surface area contributed by atoms with Crippen LogP contribution in [0.15, 0.2) is 40.8 Å². The highest BCUT2D eigenvalue weighted by Gasteiger charge is 2.37. The van der Waals surface area contributed by atoms with Gasteiger partial charge in [0.15, 0.2) is 0 Å². The quantitative estimate of drug-likeness (QED) is 0.642. The number of hydrogen-bond acceptors (Lipinski definition) is 2. The van der Waals surface area contributed by atoms with Crippen molar-refractivity contribution in [2.75, 3.05) is 0 Å². The van der Waals surface area contributed by atoms with Crippen LogP contribution < -0.4 is 0 Å². The Kier molecular flexibility index (Phi) is 4.37. The van der Waals surface area contributed by atoms with E-state index in [-0.39, 0.29) is 16.7 Å². The van der Waals surface area contributed by atoms with Gasteiger partial charge in [0, 0.05) is 17.6 Å². The number of aliphatic carboxylic acids is 1. The zero-order valence-corrected chi connectivity index (χ0v) is 17.1. The molecule has 0 saturated heterocycles. The van der Waals surface area contributed by atoms with Gasteiger partial charge in [-0.25, -0.2) is 4.79 Å². The minimum Gasteiger partial charge on any atom is -0.478 e. The summed E-state index contributed by atoms with van der Waals surface area (Å²) >= 11 is 0. The van der Waals surface area contributed by atoms with Crippen molar-refractivity contribution < 1.29 is 14.3 Å². The Hall–Kier alpha value is -2.55. The van der Waals surface area contributed by atoms with Crippen LogP contribution in [0.1, 0.15) is 86.6 Å². The van der Waals surface area contributed by atoms with Crippen LogP contribution in [0.3, 0.4) is 0 Å². The lowest BCUT2D eigenvalue weighted by molar-refractivity contribution is -0.131. The Balaban J connectivity index is 1.76. The molecule has 0 amide bonds. The number of hydrogen-bond donors (Lipinski definition) is 1. The van der Waals surface area contributed by atoms with Gasteiger partial charge in [-0.2, -0.15) is 0 Å². The standard InChI is InChI=1S/C25H28O3/c1-24(2)12-13-25(3,4)21-14-16(8-10-20(21)24)18-6-5-7-22-19(18)15-17(28-22)9-11-23(26)27/h5,7-11,14-15,18H,6,12-13H2,1-4H3,(H,26,27)/b11-9+/t18-/m0/s1. The van der Waals surface area contributed by atoms with E-state index >= 15 is 0 Å². The van der Waals surface area contributed by atoms with Crippen molar-refractivity contribution in [1.29, 1.82) is 0 Å². The molecular formula is C25H28O3. The molecule has 1 aromatic heterocycles. The van der Waals surface area contributed by atoms with Crippen LogP contribution in [-0.2, 0) is 15.6 Å². The summed E-state index contributed by atoms with van der Waals surface area (Å²) in [6.45, 7) is 9.39. The zero-order valence-electron chi connectivity index (χ0n) is 17.1.